The number of carbonyl (C=O) groups excluding carboxylic acids is 2. The third-order valence-electron chi connectivity index (χ3n) is 2.72. The van der Waals surface area contributed by atoms with Crippen molar-refractivity contribution < 1.29 is 24.2 Å². The summed E-state index contributed by atoms with van der Waals surface area (Å²) in [6, 6.07) is 13.3. The third kappa shape index (κ3) is 5.30. The molecule has 2 rings (SSSR count). The van der Waals surface area contributed by atoms with Crippen LogP contribution in [0.15, 0.2) is 53.0 Å². The quantitative estimate of drug-likeness (QED) is 0.753. The molecule has 0 bridgehead atoms. The number of hydrogen-bond acceptors (Lipinski definition) is 5. The van der Waals surface area contributed by atoms with Gasteiger partial charge in [-0.25, -0.2) is 4.79 Å². The molecule has 0 saturated heterocycles. The molecule has 0 saturated carbocycles. The first-order valence-electron chi connectivity index (χ1n) is 6.67. The van der Waals surface area contributed by atoms with Crippen LogP contribution in [0.4, 0.5) is 5.69 Å². The Morgan fingerprint density at radius 2 is 1.74 bits per heavy atom. The van der Waals surface area contributed by atoms with Crippen LogP contribution in [0.5, 0.6) is 11.5 Å². The first-order valence-corrected chi connectivity index (χ1v) is 7.46. The van der Waals surface area contributed by atoms with E-state index in [0.29, 0.717) is 5.69 Å². The molecule has 0 aliphatic heterocycles. The van der Waals surface area contributed by atoms with Crippen LogP contribution in [0.1, 0.15) is 0 Å². The Bertz CT molecular complexity index is 704. The Balaban J connectivity index is 1.75. The lowest BCUT2D eigenvalue weighted by Crippen LogP contribution is -2.23. The van der Waals surface area contributed by atoms with Crippen LogP contribution in [-0.4, -0.2) is 30.2 Å². The zero-order chi connectivity index (χ0) is 16.7. The highest BCUT2D eigenvalue weighted by atomic mass is 79.9. The molecule has 23 heavy (non-hydrogen) atoms. The number of benzene rings is 2. The third-order valence-corrected chi connectivity index (χ3v) is 3.41. The molecule has 0 radical (unpaired) electrons. The predicted molar refractivity (Wildman–Crippen MR) is 87.3 cm³/mol. The molecular formula is C16H14BrNO5. The largest absolute Gasteiger partial charge is 0.504 e. The van der Waals surface area contributed by atoms with Crippen molar-refractivity contribution in [1.82, 2.24) is 0 Å². The molecule has 2 aromatic carbocycles. The molecule has 0 heterocycles. The van der Waals surface area contributed by atoms with Gasteiger partial charge in [-0.1, -0.05) is 24.3 Å². The zero-order valence-corrected chi connectivity index (χ0v) is 13.6. The first-order chi connectivity index (χ1) is 11.1. The van der Waals surface area contributed by atoms with E-state index in [9.17, 15) is 14.7 Å². The number of ether oxygens (including phenoxy) is 2. The van der Waals surface area contributed by atoms with Gasteiger partial charge in [-0.15, -0.1) is 0 Å². The predicted octanol–water partition coefficient (Wildman–Crippen LogP) is 2.72. The number of anilines is 1. The molecule has 0 aliphatic carbocycles. The summed E-state index contributed by atoms with van der Waals surface area (Å²) < 4.78 is 10.6. The summed E-state index contributed by atoms with van der Waals surface area (Å²) in [5, 5.41) is 12.1. The van der Waals surface area contributed by atoms with Crippen LogP contribution >= 0.6 is 15.9 Å². The van der Waals surface area contributed by atoms with Gasteiger partial charge < -0.3 is 19.9 Å². The second kappa shape index (κ2) is 8.19. The molecular weight excluding hydrogens is 366 g/mol. The van der Waals surface area contributed by atoms with Crippen LogP contribution in [0.25, 0.3) is 0 Å². The van der Waals surface area contributed by atoms with Gasteiger partial charge in [0.25, 0.3) is 5.91 Å². The maximum Gasteiger partial charge on any atom is 0.344 e. The molecule has 120 valence electrons. The summed E-state index contributed by atoms with van der Waals surface area (Å²) in [6.07, 6.45) is 0. The summed E-state index contributed by atoms with van der Waals surface area (Å²) >= 11 is 3.30. The highest BCUT2D eigenvalue weighted by Gasteiger charge is 2.11. The Morgan fingerprint density at radius 1 is 1.04 bits per heavy atom. The number of para-hydroxylation sites is 3. The van der Waals surface area contributed by atoms with E-state index in [1.54, 1.807) is 30.3 Å². The molecule has 0 aromatic heterocycles. The Kier molecular flexibility index (Phi) is 5.99. The maximum absolute atomic E-state index is 11.7. The van der Waals surface area contributed by atoms with Gasteiger partial charge in [0.1, 0.15) is 0 Å². The fourth-order valence-electron chi connectivity index (χ4n) is 1.65. The highest BCUT2D eigenvalue weighted by Crippen LogP contribution is 2.24. The van der Waals surface area contributed by atoms with E-state index in [2.05, 4.69) is 21.2 Å². The molecule has 0 unspecified atom stereocenters. The van der Waals surface area contributed by atoms with Crippen LogP contribution in [-0.2, 0) is 14.3 Å². The molecule has 0 fully saturated rings. The summed E-state index contributed by atoms with van der Waals surface area (Å²) in [5.41, 5.74) is 0.582. The standard InChI is InChI=1S/C16H14BrNO5/c17-11-5-1-2-6-12(11)18-15(20)9-23-16(21)10-22-14-8-4-3-7-13(14)19/h1-8,19H,9-10H2,(H,18,20). The van der Waals surface area contributed by atoms with Crippen LogP contribution in [0.2, 0.25) is 0 Å². The van der Waals surface area contributed by atoms with Crippen LogP contribution in [0.3, 0.4) is 0 Å². The molecule has 0 aliphatic rings. The lowest BCUT2D eigenvalue weighted by atomic mass is 10.3. The molecule has 2 N–H and O–H groups in total. The average Bonchev–Trinajstić information content (AvgIpc) is 2.54. The van der Waals surface area contributed by atoms with Crippen molar-refractivity contribution in [3.63, 3.8) is 0 Å². The Hall–Kier alpha value is -2.54. The normalized spacial score (nSPS) is 9.96. The van der Waals surface area contributed by atoms with E-state index < -0.39 is 25.1 Å². The number of nitrogens with one attached hydrogen (secondary N) is 1. The first kappa shape index (κ1) is 16.8. The Labute approximate surface area is 141 Å². The van der Waals surface area contributed by atoms with Gasteiger partial charge in [0.15, 0.2) is 24.7 Å². The molecule has 0 spiro atoms. The fraction of sp³-hybridized carbons (Fsp3) is 0.125. The van der Waals surface area contributed by atoms with E-state index in [1.165, 1.54) is 12.1 Å². The van der Waals surface area contributed by atoms with Gasteiger partial charge in [-0.3, -0.25) is 4.79 Å². The number of halogens is 1. The summed E-state index contributed by atoms with van der Waals surface area (Å²) in [6.45, 7) is -0.829. The van der Waals surface area contributed by atoms with Gasteiger partial charge >= 0.3 is 5.97 Å². The Morgan fingerprint density at radius 3 is 2.48 bits per heavy atom. The fourth-order valence-corrected chi connectivity index (χ4v) is 2.04. The second-order valence-corrected chi connectivity index (χ2v) is 5.30. The lowest BCUT2D eigenvalue weighted by molar-refractivity contribution is -0.149. The highest BCUT2D eigenvalue weighted by molar-refractivity contribution is 9.10. The topological polar surface area (TPSA) is 84.9 Å². The number of aromatic hydroxyl groups is 1. The summed E-state index contributed by atoms with van der Waals surface area (Å²) in [7, 11) is 0. The summed E-state index contributed by atoms with van der Waals surface area (Å²) in [4.78, 5) is 23.2. The van der Waals surface area contributed by atoms with Crippen LogP contribution in [0, 0.1) is 0 Å². The van der Waals surface area contributed by atoms with Gasteiger partial charge in [0, 0.05) is 4.47 Å². The molecule has 2 aromatic rings. The minimum atomic E-state index is -0.712. The van der Waals surface area contributed by atoms with Gasteiger partial charge in [0.2, 0.25) is 0 Å². The zero-order valence-electron chi connectivity index (χ0n) is 12.0. The van der Waals surface area contributed by atoms with Gasteiger partial charge in [-0.2, -0.15) is 0 Å². The number of carbonyl (C=O) groups is 2. The van der Waals surface area contributed by atoms with E-state index in [1.807, 2.05) is 6.07 Å². The lowest BCUT2D eigenvalue weighted by Gasteiger charge is -2.09. The second-order valence-electron chi connectivity index (χ2n) is 4.45. The van der Waals surface area contributed by atoms with E-state index in [-0.39, 0.29) is 11.5 Å². The molecule has 0 atom stereocenters. The maximum atomic E-state index is 11.7. The van der Waals surface area contributed by atoms with Gasteiger partial charge in [-0.05, 0) is 40.2 Å². The number of esters is 1. The van der Waals surface area contributed by atoms with Crippen molar-refractivity contribution in [2.45, 2.75) is 0 Å². The van der Waals surface area contributed by atoms with Crippen molar-refractivity contribution in [3.8, 4) is 11.5 Å². The molecule has 1 amide bonds. The number of rotatable bonds is 6. The van der Waals surface area contributed by atoms with Crippen molar-refractivity contribution in [3.05, 3.63) is 53.0 Å². The van der Waals surface area contributed by atoms with E-state index in [0.717, 1.165) is 4.47 Å². The smallest absolute Gasteiger partial charge is 0.344 e. The van der Waals surface area contributed by atoms with Crippen molar-refractivity contribution in [2.24, 2.45) is 0 Å². The van der Waals surface area contributed by atoms with E-state index in [4.69, 9.17) is 9.47 Å². The van der Waals surface area contributed by atoms with Crippen molar-refractivity contribution in [1.29, 1.82) is 0 Å². The molecule has 7 heteroatoms. The number of amides is 1. The molecule has 6 nitrogen and oxygen atoms in total. The minimum Gasteiger partial charge on any atom is -0.504 e. The van der Waals surface area contributed by atoms with Crippen molar-refractivity contribution in [2.75, 3.05) is 18.5 Å². The van der Waals surface area contributed by atoms with E-state index >= 15 is 0 Å². The van der Waals surface area contributed by atoms with Gasteiger partial charge in [0.05, 0.1) is 5.69 Å². The number of phenolic OH excluding ortho intramolecular Hbond substituents is 1. The monoisotopic (exact) mass is 379 g/mol. The van der Waals surface area contributed by atoms with Crippen molar-refractivity contribution >= 4 is 33.5 Å². The van der Waals surface area contributed by atoms with Crippen LogP contribution < -0.4 is 10.1 Å². The average molecular weight is 380 g/mol. The summed E-state index contributed by atoms with van der Waals surface area (Å²) in [5.74, 6) is -1.09. The number of phenols is 1. The minimum absolute atomic E-state index is 0.0769. The SMILES string of the molecule is O=C(COC(=O)COc1ccccc1O)Nc1ccccc1Br. The number of hydrogen-bond donors (Lipinski definition) is 2.